The molecule has 1 aliphatic heterocycles. The molecule has 0 radical (unpaired) electrons. The Hall–Kier alpha value is -0.910. The van der Waals surface area contributed by atoms with E-state index in [4.69, 9.17) is 4.74 Å². The van der Waals surface area contributed by atoms with Crippen molar-refractivity contribution < 1.29 is 9.84 Å². The van der Waals surface area contributed by atoms with Gasteiger partial charge in [-0.1, -0.05) is 0 Å². The molecule has 1 aromatic rings. The van der Waals surface area contributed by atoms with Crippen molar-refractivity contribution in [3.63, 3.8) is 0 Å². The number of ether oxygens (including phenoxy) is 1. The highest BCUT2D eigenvalue weighted by molar-refractivity contribution is 5.19. The molecule has 1 fully saturated rings. The number of aliphatic hydroxyl groups is 1. The molecular weight excluding hydrogens is 206 g/mol. The molecule has 0 spiro atoms. The van der Waals surface area contributed by atoms with Crippen LogP contribution in [0.1, 0.15) is 24.2 Å². The first-order valence-corrected chi connectivity index (χ1v) is 5.60. The summed E-state index contributed by atoms with van der Waals surface area (Å²) in [6.45, 7) is 5.07. The van der Waals surface area contributed by atoms with Crippen LogP contribution in [-0.4, -0.2) is 40.2 Å². The Morgan fingerprint density at radius 2 is 2.38 bits per heavy atom. The summed E-state index contributed by atoms with van der Waals surface area (Å²) in [6, 6.07) is 0.199. The fraction of sp³-hybridized carbons (Fsp3) is 0.727. The van der Waals surface area contributed by atoms with Gasteiger partial charge in [-0.25, -0.2) is 0 Å². The van der Waals surface area contributed by atoms with Crippen LogP contribution in [0.15, 0.2) is 6.20 Å². The zero-order valence-corrected chi connectivity index (χ0v) is 9.97. The van der Waals surface area contributed by atoms with E-state index in [1.807, 2.05) is 24.9 Å². The maximum Gasteiger partial charge on any atom is 0.0948 e. The van der Waals surface area contributed by atoms with Crippen molar-refractivity contribution in [3.8, 4) is 0 Å². The first-order chi connectivity index (χ1) is 7.58. The summed E-state index contributed by atoms with van der Waals surface area (Å²) < 4.78 is 7.02. The lowest BCUT2D eigenvalue weighted by molar-refractivity contribution is 0.121. The Kier molecular flexibility index (Phi) is 3.28. The summed E-state index contributed by atoms with van der Waals surface area (Å²) >= 11 is 0. The lowest BCUT2D eigenvalue weighted by Gasteiger charge is -2.20. The quantitative estimate of drug-likeness (QED) is 0.768. The first kappa shape index (κ1) is 11.6. The molecule has 2 rings (SSSR count). The molecule has 1 aromatic heterocycles. The molecule has 3 atom stereocenters. The van der Waals surface area contributed by atoms with Gasteiger partial charge in [0.15, 0.2) is 0 Å². The van der Waals surface area contributed by atoms with Crippen LogP contribution in [0.5, 0.6) is 0 Å². The summed E-state index contributed by atoms with van der Waals surface area (Å²) in [5.74, 6) is 0. The standard InChI is InChI=1S/C11H19N3O2/c1-7(9-4-14(3)13-8(9)2)12-10-5-16-6-11(10)15/h4,7,10-12,15H,5-6H2,1-3H3. The molecule has 0 saturated carbocycles. The van der Waals surface area contributed by atoms with E-state index in [1.54, 1.807) is 0 Å². The van der Waals surface area contributed by atoms with Crippen LogP contribution in [-0.2, 0) is 11.8 Å². The van der Waals surface area contributed by atoms with E-state index in [2.05, 4.69) is 17.3 Å². The first-order valence-electron chi connectivity index (χ1n) is 5.60. The SMILES string of the molecule is Cc1nn(C)cc1C(C)NC1COCC1O. The van der Waals surface area contributed by atoms with Crippen LogP contribution in [0.2, 0.25) is 0 Å². The lowest BCUT2D eigenvalue weighted by atomic mass is 10.1. The zero-order valence-electron chi connectivity index (χ0n) is 9.97. The number of aryl methyl sites for hydroxylation is 2. The molecule has 0 bridgehead atoms. The fourth-order valence-electron chi connectivity index (χ4n) is 2.16. The van der Waals surface area contributed by atoms with Crippen molar-refractivity contribution in [2.75, 3.05) is 13.2 Å². The van der Waals surface area contributed by atoms with E-state index in [0.717, 1.165) is 5.69 Å². The molecule has 0 aromatic carbocycles. The third kappa shape index (κ3) is 2.26. The molecule has 5 heteroatoms. The van der Waals surface area contributed by atoms with Crippen molar-refractivity contribution in [3.05, 3.63) is 17.5 Å². The highest BCUT2D eigenvalue weighted by Crippen LogP contribution is 2.18. The Bertz CT molecular complexity index is 364. The summed E-state index contributed by atoms with van der Waals surface area (Å²) in [6.07, 6.45) is 1.61. The van der Waals surface area contributed by atoms with Gasteiger partial charge in [-0.15, -0.1) is 0 Å². The van der Waals surface area contributed by atoms with Gasteiger partial charge in [0.2, 0.25) is 0 Å². The van der Waals surface area contributed by atoms with Gasteiger partial charge in [-0.2, -0.15) is 5.10 Å². The molecule has 90 valence electrons. The number of aliphatic hydroxyl groups excluding tert-OH is 1. The van der Waals surface area contributed by atoms with Gasteiger partial charge in [-0.3, -0.25) is 4.68 Å². The Morgan fingerprint density at radius 3 is 2.88 bits per heavy atom. The minimum atomic E-state index is -0.403. The molecular formula is C11H19N3O2. The van der Waals surface area contributed by atoms with Crippen LogP contribution in [0, 0.1) is 6.92 Å². The number of hydrogen-bond acceptors (Lipinski definition) is 4. The van der Waals surface area contributed by atoms with Crippen LogP contribution < -0.4 is 5.32 Å². The third-order valence-corrected chi connectivity index (χ3v) is 3.03. The largest absolute Gasteiger partial charge is 0.389 e. The van der Waals surface area contributed by atoms with Gasteiger partial charge in [0.1, 0.15) is 0 Å². The Balaban J connectivity index is 2.02. The number of rotatable bonds is 3. The lowest BCUT2D eigenvalue weighted by Crippen LogP contribution is -2.40. The van der Waals surface area contributed by atoms with Crippen LogP contribution in [0.3, 0.4) is 0 Å². The van der Waals surface area contributed by atoms with Crippen molar-refractivity contribution in [1.82, 2.24) is 15.1 Å². The van der Waals surface area contributed by atoms with Crippen LogP contribution >= 0.6 is 0 Å². The highest BCUT2D eigenvalue weighted by Gasteiger charge is 2.28. The van der Waals surface area contributed by atoms with Gasteiger partial charge in [-0.05, 0) is 13.8 Å². The van der Waals surface area contributed by atoms with Gasteiger partial charge in [0.25, 0.3) is 0 Å². The number of aromatic nitrogens is 2. The molecule has 2 N–H and O–H groups in total. The number of hydrogen-bond donors (Lipinski definition) is 2. The molecule has 16 heavy (non-hydrogen) atoms. The van der Waals surface area contributed by atoms with E-state index >= 15 is 0 Å². The van der Waals surface area contributed by atoms with E-state index in [9.17, 15) is 5.11 Å². The predicted molar refractivity (Wildman–Crippen MR) is 60.1 cm³/mol. The summed E-state index contributed by atoms with van der Waals surface area (Å²) in [5, 5.41) is 17.3. The molecule has 0 amide bonds. The van der Waals surface area contributed by atoms with E-state index in [1.165, 1.54) is 5.56 Å². The minimum absolute atomic E-state index is 0.0228. The Labute approximate surface area is 95.4 Å². The van der Waals surface area contributed by atoms with Crippen LogP contribution in [0.25, 0.3) is 0 Å². The smallest absolute Gasteiger partial charge is 0.0948 e. The van der Waals surface area contributed by atoms with Crippen molar-refractivity contribution in [2.24, 2.45) is 7.05 Å². The van der Waals surface area contributed by atoms with E-state index in [0.29, 0.717) is 13.2 Å². The molecule has 5 nitrogen and oxygen atoms in total. The second-order valence-electron chi connectivity index (χ2n) is 4.44. The average molecular weight is 225 g/mol. The average Bonchev–Trinajstić information content (AvgIpc) is 2.74. The van der Waals surface area contributed by atoms with Crippen molar-refractivity contribution in [1.29, 1.82) is 0 Å². The second kappa shape index (κ2) is 4.53. The summed E-state index contributed by atoms with van der Waals surface area (Å²) in [4.78, 5) is 0. The Morgan fingerprint density at radius 1 is 1.62 bits per heavy atom. The molecule has 1 saturated heterocycles. The highest BCUT2D eigenvalue weighted by atomic mass is 16.5. The minimum Gasteiger partial charge on any atom is -0.389 e. The normalized spacial score (nSPS) is 27.2. The van der Waals surface area contributed by atoms with Gasteiger partial charge < -0.3 is 15.2 Å². The van der Waals surface area contributed by atoms with Crippen molar-refractivity contribution >= 4 is 0 Å². The van der Waals surface area contributed by atoms with E-state index in [-0.39, 0.29) is 12.1 Å². The predicted octanol–water partition coefficient (Wildman–Crippen LogP) is 0.139. The zero-order chi connectivity index (χ0) is 11.7. The maximum atomic E-state index is 9.65. The maximum absolute atomic E-state index is 9.65. The van der Waals surface area contributed by atoms with Gasteiger partial charge in [0, 0.05) is 24.8 Å². The summed E-state index contributed by atoms with van der Waals surface area (Å²) in [7, 11) is 1.91. The summed E-state index contributed by atoms with van der Waals surface area (Å²) in [5.41, 5.74) is 2.19. The third-order valence-electron chi connectivity index (χ3n) is 3.03. The van der Waals surface area contributed by atoms with Crippen LogP contribution in [0.4, 0.5) is 0 Å². The molecule has 2 heterocycles. The monoisotopic (exact) mass is 225 g/mol. The topological polar surface area (TPSA) is 59.3 Å². The molecule has 3 unspecified atom stereocenters. The van der Waals surface area contributed by atoms with E-state index < -0.39 is 6.10 Å². The number of nitrogens with one attached hydrogen (secondary N) is 1. The second-order valence-corrected chi connectivity index (χ2v) is 4.44. The van der Waals surface area contributed by atoms with Gasteiger partial charge >= 0.3 is 0 Å². The number of nitrogens with zero attached hydrogens (tertiary/aromatic N) is 2. The van der Waals surface area contributed by atoms with Gasteiger partial charge in [0.05, 0.1) is 31.1 Å². The van der Waals surface area contributed by atoms with Crippen molar-refractivity contribution in [2.45, 2.75) is 32.0 Å². The fourth-order valence-corrected chi connectivity index (χ4v) is 2.16. The molecule has 1 aliphatic rings. The molecule has 0 aliphatic carbocycles.